The van der Waals surface area contributed by atoms with Crippen LogP contribution >= 0.6 is 0 Å². The number of hydrogen-bond donors (Lipinski definition) is 0. The fourth-order valence-corrected chi connectivity index (χ4v) is 2.10. The van der Waals surface area contributed by atoms with E-state index in [1.807, 2.05) is 13.8 Å². The van der Waals surface area contributed by atoms with Gasteiger partial charge in [-0.3, -0.25) is 9.48 Å². The lowest BCUT2D eigenvalue weighted by atomic mass is 10.1. The number of hydrogen-bond acceptors (Lipinski definition) is 2. The second kappa shape index (κ2) is 5.86. The van der Waals surface area contributed by atoms with Crippen LogP contribution in [-0.4, -0.2) is 33.7 Å². The number of rotatable bonds is 4. The minimum absolute atomic E-state index is 0.0432. The van der Waals surface area contributed by atoms with Crippen LogP contribution in [0.2, 0.25) is 0 Å². The zero-order valence-electron chi connectivity index (χ0n) is 11.9. The molecule has 1 aromatic heterocycles. The Labute approximate surface area is 117 Å². The van der Waals surface area contributed by atoms with Gasteiger partial charge in [0.2, 0.25) is 0 Å². The van der Waals surface area contributed by atoms with Gasteiger partial charge in [0.15, 0.2) is 0 Å². The molecule has 0 saturated heterocycles. The Hall–Kier alpha value is -2.17. The average Bonchev–Trinajstić information content (AvgIpc) is 2.83. The van der Waals surface area contributed by atoms with Gasteiger partial charge in [0.1, 0.15) is 11.5 Å². The summed E-state index contributed by atoms with van der Waals surface area (Å²) in [5.74, 6) is -0.331. The Bertz CT molecular complexity index is 600. The third-order valence-electron chi connectivity index (χ3n) is 3.29. The zero-order chi connectivity index (χ0) is 14.7. The Morgan fingerprint density at radius 1 is 1.25 bits per heavy atom. The van der Waals surface area contributed by atoms with Crippen molar-refractivity contribution < 1.29 is 9.18 Å². The van der Waals surface area contributed by atoms with Crippen LogP contribution in [0.15, 0.2) is 30.3 Å². The van der Waals surface area contributed by atoms with E-state index < -0.39 is 0 Å². The van der Waals surface area contributed by atoms with Crippen molar-refractivity contribution >= 4 is 5.91 Å². The summed E-state index contributed by atoms with van der Waals surface area (Å²) in [5, 5.41) is 4.33. The Kier molecular flexibility index (Phi) is 4.17. The lowest BCUT2D eigenvalue weighted by Crippen LogP contribution is -2.31. The summed E-state index contributed by atoms with van der Waals surface area (Å²) >= 11 is 0. The number of benzene rings is 1. The third-order valence-corrected chi connectivity index (χ3v) is 3.29. The molecule has 1 aromatic carbocycles. The third kappa shape index (κ3) is 2.71. The highest BCUT2D eigenvalue weighted by atomic mass is 19.1. The van der Waals surface area contributed by atoms with Gasteiger partial charge in [-0.25, -0.2) is 4.39 Å². The standard InChI is InChI=1S/C15H18FN3O/c1-4-19(5-2)15(20)14-10-13(17-18(14)3)11-6-8-12(16)9-7-11/h6-10H,4-5H2,1-3H3. The summed E-state index contributed by atoms with van der Waals surface area (Å²) in [6.45, 7) is 5.20. The van der Waals surface area contributed by atoms with Crippen LogP contribution in [0.3, 0.4) is 0 Å². The Balaban J connectivity index is 2.34. The number of amides is 1. The van der Waals surface area contributed by atoms with Gasteiger partial charge >= 0.3 is 0 Å². The van der Waals surface area contributed by atoms with Crippen molar-refractivity contribution in [1.82, 2.24) is 14.7 Å². The van der Waals surface area contributed by atoms with Crippen LogP contribution in [0.4, 0.5) is 4.39 Å². The van der Waals surface area contributed by atoms with E-state index in [0.29, 0.717) is 24.5 Å². The topological polar surface area (TPSA) is 38.1 Å². The predicted octanol–water partition coefficient (Wildman–Crippen LogP) is 2.71. The average molecular weight is 275 g/mol. The maximum absolute atomic E-state index is 12.9. The van der Waals surface area contributed by atoms with E-state index in [1.165, 1.54) is 12.1 Å². The first kappa shape index (κ1) is 14.2. The van der Waals surface area contributed by atoms with E-state index in [9.17, 15) is 9.18 Å². The molecule has 0 fully saturated rings. The molecule has 0 saturated carbocycles. The van der Waals surface area contributed by atoms with E-state index in [2.05, 4.69) is 5.10 Å². The van der Waals surface area contributed by atoms with Crippen molar-refractivity contribution in [3.05, 3.63) is 41.8 Å². The molecular weight excluding hydrogens is 257 g/mol. The van der Waals surface area contributed by atoms with Gasteiger partial charge in [-0.1, -0.05) is 0 Å². The Morgan fingerprint density at radius 2 is 1.85 bits per heavy atom. The lowest BCUT2D eigenvalue weighted by Gasteiger charge is -2.18. The van der Waals surface area contributed by atoms with Gasteiger partial charge in [-0.15, -0.1) is 0 Å². The summed E-state index contributed by atoms with van der Waals surface area (Å²) in [6.07, 6.45) is 0. The van der Waals surface area contributed by atoms with Crippen LogP contribution in [0.1, 0.15) is 24.3 Å². The Morgan fingerprint density at radius 3 is 2.40 bits per heavy atom. The molecule has 106 valence electrons. The van der Waals surface area contributed by atoms with Gasteiger partial charge in [-0.2, -0.15) is 5.10 Å². The number of carbonyl (C=O) groups excluding carboxylic acids is 1. The molecule has 20 heavy (non-hydrogen) atoms. The number of aromatic nitrogens is 2. The number of aryl methyl sites for hydroxylation is 1. The number of halogens is 1. The van der Waals surface area contributed by atoms with Crippen molar-refractivity contribution in [2.75, 3.05) is 13.1 Å². The molecule has 0 aliphatic carbocycles. The van der Waals surface area contributed by atoms with Gasteiger partial charge in [0, 0.05) is 25.7 Å². The maximum atomic E-state index is 12.9. The molecule has 0 atom stereocenters. The van der Waals surface area contributed by atoms with Crippen molar-refractivity contribution in [2.45, 2.75) is 13.8 Å². The van der Waals surface area contributed by atoms with Crippen LogP contribution in [0.5, 0.6) is 0 Å². The lowest BCUT2D eigenvalue weighted by molar-refractivity contribution is 0.0762. The summed E-state index contributed by atoms with van der Waals surface area (Å²) in [7, 11) is 1.74. The fourth-order valence-electron chi connectivity index (χ4n) is 2.10. The molecule has 4 nitrogen and oxygen atoms in total. The van der Waals surface area contributed by atoms with E-state index in [-0.39, 0.29) is 11.7 Å². The van der Waals surface area contributed by atoms with Crippen LogP contribution in [0, 0.1) is 5.82 Å². The summed E-state index contributed by atoms with van der Waals surface area (Å²) in [4.78, 5) is 14.1. The first-order valence-corrected chi connectivity index (χ1v) is 6.66. The van der Waals surface area contributed by atoms with Crippen molar-refractivity contribution in [3.63, 3.8) is 0 Å². The zero-order valence-corrected chi connectivity index (χ0v) is 11.9. The summed E-state index contributed by atoms with van der Waals surface area (Å²) in [6, 6.07) is 7.83. The summed E-state index contributed by atoms with van der Waals surface area (Å²) < 4.78 is 14.5. The monoisotopic (exact) mass is 275 g/mol. The normalized spacial score (nSPS) is 10.6. The van der Waals surface area contributed by atoms with Crippen LogP contribution in [0.25, 0.3) is 11.3 Å². The molecule has 0 radical (unpaired) electrons. The molecule has 2 aromatic rings. The molecule has 0 unspecified atom stereocenters. The SMILES string of the molecule is CCN(CC)C(=O)c1cc(-c2ccc(F)cc2)nn1C. The highest BCUT2D eigenvalue weighted by molar-refractivity contribution is 5.93. The second-order valence-electron chi connectivity index (χ2n) is 4.52. The molecule has 0 spiro atoms. The molecule has 0 aliphatic rings. The maximum Gasteiger partial charge on any atom is 0.272 e. The highest BCUT2D eigenvalue weighted by Gasteiger charge is 2.18. The number of nitrogens with zero attached hydrogens (tertiary/aromatic N) is 3. The van der Waals surface area contributed by atoms with Gasteiger partial charge in [0.25, 0.3) is 5.91 Å². The smallest absolute Gasteiger partial charge is 0.272 e. The van der Waals surface area contributed by atoms with E-state index in [1.54, 1.807) is 34.8 Å². The van der Waals surface area contributed by atoms with Crippen molar-refractivity contribution in [2.24, 2.45) is 7.05 Å². The van der Waals surface area contributed by atoms with E-state index in [0.717, 1.165) is 5.56 Å². The van der Waals surface area contributed by atoms with Gasteiger partial charge in [0.05, 0.1) is 5.69 Å². The number of carbonyl (C=O) groups is 1. The predicted molar refractivity (Wildman–Crippen MR) is 75.9 cm³/mol. The van der Waals surface area contributed by atoms with Gasteiger partial charge in [-0.05, 0) is 44.2 Å². The first-order valence-electron chi connectivity index (χ1n) is 6.66. The molecule has 0 N–H and O–H groups in total. The van der Waals surface area contributed by atoms with E-state index in [4.69, 9.17) is 0 Å². The van der Waals surface area contributed by atoms with Gasteiger partial charge < -0.3 is 4.90 Å². The van der Waals surface area contributed by atoms with Crippen LogP contribution in [-0.2, 0) is 7.05 Å². The first-order chi connectivity index (χ1) is 9.56. The molecule has 0 bridgehead atoms. The quantitative estimate of drug-likeness (QED) is 0.860. The largest absolute Gasteiger partial charge is 0.338 e. The molecule has 5 heteroatoms. The van der Waals surface area contributed by atoms with Crippen molar-refractivity contribution in [1.29, 1.82) is 0 Å². The van der Waals surface area contributed by atoms with Crippen molar-refractivity contribution in [3.8, 4) is 11.3 Å². The molecule has 2 rings (SSSR count). The second-order valence-corrected chi connectivity index (χ2v) is 4.52. The molecule has 1 heterocycles. The van der Waals surface area contributed by atoms with Crippen LogP contribution < -0.4 is 0 Å². The molecule has 1 amide bonds. The minimum atomic E-state index is -0.288. The highest BCUT2D eigenvalue weighted by Crippen LogP contribution is 2.20. The molecule has 0 aliphatic heterocycles. The summed E-state index contributed by atoms with van der Waals surface area (Å²) in [5.41, 5.74) is 2.00. The molecular formula is C15H18FN3O. The fraction of sp³-hybridized carbons (Fsp3) is 0.333. The van der Waals surface area contributed by atoms with E-state index >= 15 is 0 Å². The minimum Gasteiger partial charge on any atom is -0.338 e.